The molecule has 0 amide bonds. The van der Waals surface area contributed by atoms with Crippen molar-refractivity contribution in [3.8, 4) is 0 Å². The summed E-state index contributed by atoms with van der Waals surface area (Å²) in [5.74, 6) is 1.26. The van der Waals surface area contributed by atoms with Gasteiger partial charge >= 0.3 is 0 Å². The first kappa shape index (κ1) is 7.84. The van der Waals surface area contributed by atoms with Crippen molar-refractivity contribution in [1.29, 1.82) is 0 Å². The molecule has 0 fully saturated rings. The lowest BCUT2D eigenvalue weighted by atomic mass is 10.0. The molecular weight excluding hydrogens is 148 g/mol. The van der Waals surface area contributed by atoms with Gasteiger partial charge in [-0.1, -0.05) is 6.92 Å². The standard InChI is InChI=1S/C10H16N2/c1-3-10-11-7-9-6-4-5-8(2)12(9)10/h7-8H,3-6H2,1-2H3. The molecule has 1 aromatic heterocycles. The van der Waals surface area contributed by atoms with E-state index in [0.29, 0.717) is 6.04 Å². The first-order valence-corrected chi connectivity index (χ1v) is 4.88. The highest BCUT2D eigenvalue weighted by molar-refractivity contribution is 5.09. The largest absolute Gasteiger partial charge is 0.329 e. The second-order valence-corrected chi connectivity index (χ2v) is 3.63. The van der Waals surface area contributed by atoms with Gasteiger partial charge in [0, 0.05) is 24.4 Å². The van der Waals surface area contributed by atoms with Gasteiger partial charge in [-0.05, 0) is 26.2 Å². The molecule has 66 valence electrons. The van der Waals surface area contributed by atoms with Crippen molar-refractivity contribution in [1.82, 2.24) is 9.55 Å². The Kier molecular flexibility index (Phi) is 1.91. The molecule has 1 aromatic rings. The van der Waals surface area contributed by atoms with Crippen LogP contribution in [0.1, 0.15) is 44.2 Å². The summed E-state index contributed by atoms with van der Waals surface area (Å²) >= 11 is 0. The number of aryl methyl sites for hydroxylation is 2. The van der Waals surface area contributed by atoms with E-state index in [1.54, 1.807) is 0 Å². The molecule has 0 aliphatic carbocycles. The first-order chi connectivity index (χ1) is 5.83. The molecule has 2 heterocycles. The molecule has 2 rings (SSSR count). The minimum absolute atomic E-state index is 0.672. The van der Waals surface area contributed by atoms with E-state index in [2.05, 4.69) is 29.6 Å². The van der Waals surface area contributed by atoms with Gasteiger partial charge in [-0.2, -0.15) is 0 Å². The van der Waals surface area contributed by atoms with E-state index in [9.17, 15) is 0 Å². The summed E-state index contributed by atoms with van der Waals surface area (Å²) < 4.78 is 2.42. The normalized spacial score (nSPS) is 22.3. The second kappa shape index (κ2) is 2.92. The predicted molar refractivity (Wildman–Crippen MR) is 49.3 cm³/mol. The Hall–Kier alpha value is -0.790. The Labute approximate surface area is 73.6 Å². The van der Waals surface area contributed by atoms with Crippen molar-refractivity contribution in [3.05, 3.63) is 17.7 Å². The molecule has 0 spiro atoms. The lowest BCUT2D eigenvalue weighted by Gasteiger charge is -2.23. The molecule has 12 heavy (non-hydrogen) atoms. The van der Waals surface area contributed by atoms with Crippen LogP contribution in [0, 0.1) is 0 Å². The summed E-state index contributed by atoms with van der Waals surface area (Å²) in [6.07, 6.45) is 6.97. The van der Waals surface area contributed by atoms with Gasteiger partial charge in [-0.15, -0.1) is 0 Å². The van der Waals surface area contributed by atoms with Crippen molar-refractivity contribution >= 4 is 0 Å². The van der Waals surface area contributed by atoms with Crippen molar-refractivity contribution < 1.29 is 0 Å². The second-order valence-electron chi connectivity index (χ2n) is 3.63. The molecule has 1 unspecified atom stereocenters. The molecule has 0 N–H and O–H groups in total. The van der Waals surface area contributed by atoms with E-state index in [4.69, 9.17) is 0 Å². The van der Waals surface area contributed by atoms with Crippen LogP contribution in [0.4, 0.5) is 0 Å². The van der Waals surface area contributed by atoms with Crippen molar-refractivity contribution in [2.75, 3.05) is 0 Å². The number of fused-ring (bicyclic) bond motifs is 1. The van der Waals surface area contributed by atoms with Gasteiger partial charge < -0.3 is 4.57 Å². The van der Waals surface area contributed by atoms with E-state index < -0.39 is 0 Å². The maximum Gasteiger partial charge on any atom is 0.108 e. The Bertz CT molecular complexity index is 262. The first-order valence-electron chi connectivity index (χ1n) is 4.88. The Morgan fingerprint density at radius 1 is 1.67 bits per heavy atom. The number of rotatable bonds is 1. The molecule has 0 bridgehead atoms. The third-order valence-electron chi connectivity index (χ3n) is 2.76. The van der Waals surface area contributed by atoms with Crippen LogP contribution in [0.5, 0.6) is 0 Å². The van der Waals surface area contributed by atoms with Crippen LogP contribution in [0.3, 0.4) is 0 Å². The summed E-state index contributed by atoms with van der Waals surface area (Å²) in [6, 6.07) is 0.672. The summed E-state index contributed by atoms with van der Waals surface area (Å²) in [5, 5.41) is 0. The fraction of sp³-hybridized carbons (Fsp3) is 0.700. The summed E-state index contributed by atoms with van der Waals surface area (Å²) in [7, 11) is 0. The van der Waals surface area contributed by atoms with Crippen LogP contribution < -0.4 is 0 Å². The van der Waals surface area contributed by atoms with Gasteiger partial charge in [0.05, 0.1) is 0 Å². The Morgan fingerprint density at radius 3 is 3.25 bits per heavy atom. The van der Waals surface area contributed by atoms with Crippen LogP contribution in [0.2, 0.25) is 0 Å². The van der Waals surface area contributed by atoms with Crippen LogP contribution in [-0.2, 0) is 12.8 Å². The SMILES string of the molecule is CCc1ncc2n1C(C)CCC2. The van der Waals surface area contributed by atoms with E-state index in [-0.39, 0.29) is 0 Å². The number of imidazole rings is 1. The van der Waals surface area contributed by atoms with Gasteiger partial charge in [0.2, 0.25) is 0 Å². The van der Waals surface area contributed by atoms with Crippen molar-refractivity contribution in [2.24, 2.45) is 0 Å². The van der Waals surface area contributed by atoms with Gasteiger partial charge in [0.1, 0.15) is 5.82 Å². The quantitative estimate of drug-likeness (QED) is 0.623. The summed E-state index contributed by atoms with van der Waals surface area (Å²) in [4.78, 5) is 4.43. The fourth-order valence-electron chi connectivity index (χ4n) is 2.13. The number of aromatic nitrogens is 2. The molecule has 2 heteroatoms. The number of hydrogen-bond donors (Lipinski definition) is 0. The minimum atomic E-state index is 0.672. The van der Waals surface area contributed by atoms with Crippen molar-refractivity contribution in [3.63, 3.8) is 0 Å². The van der Waals surface area contributed by atoms with E-state index in [0.717, 1.165) is 6.42 Å². The third kappa shape index (κ3) is 1.06. The van der Waals surface area contributed by atoms with Crippen LogP contribution >= 0.6 is 0 Å². The molecule has 1 atom stereocenters. The van der Waals surface area contributed by atoms with Gasteiger partial charge in [-0.25, -0.2) is 4.98 Å². The van der Waals surface area contributed by atoms with Gasteiger partial charge in [0.25, 0.3) is 0 Å². The average molecular weight is 164 g/mol. The number of hydrogen-bond acceptors (Lipinski definition) is 1. The maximum absolute atomic E-state index is 4.43. The summed E-state index contributed by atoms with van der Waals surface area (Å²) in [5.41, 5.74) is 1.44. The molecule has 0 radical (unpaired) electrons. The topological polar surface area (TPSA) is 17.8 Å². The zero-order valence-electron chi connectivity index (χ0n) is 7.88. The van der Waals surface area contributed by atoms with E-state index in [1.165, 1.54) is 30.8 Å². The molecular formula is C10H16N2. The molecule has 2 nitrogen and oxygen atoms in total. The van der Waals surface area contributed by atoms with E-state index in [1.807, 2.05) is 0 Å². The molecule has 0 saturated heterocycles. The zero-order chi connectivity index (χ0) is 8.55. The minimum Gasteiger partial charge on any atom is -0.329 e. The van der Waals surface area contributed by atoms with Crippen molar-refractivity contribution in [2.45, 2.75) is 45.6 Å². The lowest BCUT2D eigenvalue weighted by Crippen LogP contribution is -2.16. The van der Waals surface area contributed by atoms with Gasteiger partial charge in [-0.3, -0.25) is 0 Å². The highest BCUT2D eigenvalue weighted by Crippen LogP contribution is 2.25. The van der Waals surface area contributed by atoms with Crippen LogP contribution in [0.25, 0.3) is 0 Å². The number of nitrogens with zero attached hydrogens (tertiary/aromatic N) is 2. The highest BCUT2D eigenvalue weighted by atomic mass is 15.1. The van der Waals surface area contributed by atoms with Crippen LogP contribution in [-0.4, -0.2) is 9.55 Å². The molecule has 1 aliphatic heterocycles. The molecule has 0 aromatic carbocycles. The predicted octanol–water partition coefficient (Wildman–Crippen LogP) is 2.34. The maximum atomic E-state index is 4.43. The fourth-order valence-corrected chi connectivity index (χ4v) is 2.13. The van der Waals surface area contributed by atoms with Gasteiger partial charge in [0.15, 0.2) is 0 Å². The average Bonchev–Trinajstić information content (AvgIpc) is 2.49. The Balaban J connectivity index is 2.43. The third-order valence-corrected chi connectivity index (χ3v) is 2.76. The Morgan fingerprint density at radius 2 is 2.50 bits per heavy atom. The molecule has 0 saturated carbocycles. The zero-order valence-corrected chi connectivity index (χ0v) is 7.88. The highest BCUT2D eigenvalue weighted by Gasteiger charge is 2.18. The smallest absolute Gasteiger partial charge is 0.108 e. The van der Waals surface area contributed by atoms with E-state index >= 15 is 0 Å². The summed E-state index contributed by atoms with van der Waals surface area (Å²) in [6.45, 7) is 4.47. The monoisotopic (exact) mass is 164 g/mol. The van der Waals surface area contributed by atoms with Crippen LogP contribution in [0.15, 0.2) is 6.20 Å². The lowest BCUT2D eigenvalue weighted by molar-refractivity contribution is 0.420. The molecule has 1 aliphatic rings.